The number of hydrogen-bond donors (Lipinski definition) is 1. The van der Waals surface area contributed by atoms with Gasteiger partial charge in [0, 0.05) is 6.42 Å². The van der Waals surface area contributed by atoms with E-state index in [0.29, 0.717) is 0 Å². The Morgan fingerprint density at radius 2 is 1.93 bits per heavy atom. The number of amides is 2. The highest BCUT2D eigenvalue weighted by atomic mass is 16.3. The first-order valence-electron chi connectivity index (χ1n) is 5.32. The molecule has 0 aromatic rings. The zero-order chi connectivity index (χ0) is 11.8. The van der Waals surface area contributed by atoms with Crippen molar-refractivity contribution in [1.29, 1.82) is 0 Å². The van der Waals surface area contributed by atoms with E-state index in [1.165, 1.54) is 4.90 Å². The quantitative estimate of drug-likeness (QED) is 0.705. The number of nitrogens with zero attached hydrogens (tertiary/aromatic N) is 1. The highest BCUT2D eigenvalue weighted by Crippen LogP contribution is 2.39. The summed E-state index contributed by atoms with van der Waals surface area (Å²) in [6.45, 7) is 7.39. The van der Waals surface area contributed by atoms with E-state index < -0.39 is 11.5 Å². The molecule has 1 heterocycles. The van der Waals surface area contributed by atoms with Crippen LogP contribution < -0.4 is 0 Å². The van der Waals surface area contributed by atoms with Gasteiger partial charge in [0.2, 0.25) is 11.8 Å². The first kappa shape index (κ1) is 12.2. The Bertz CT molecular complexity index is 286. The number of likely N-dealkylation sites (tertiary alicyclic amines) is 1. The number of rotatable bonds is 3. The third-order valence-corrected chi connectivity index (χ3v) is 3.27. The standard InChI is InChI=1S/C11H19NO3/c1-7(2)11(4)5-9(14)12(10(11)15)6-8(3)13/h7-8,13H,5-6H2,1-4H3. The minimum absolute atomic E-state index is 0.111. The molecule has 0 saturated carbocycles. The second-order valence-corrected chi connectivity index (χ2v) is 4.91. The van der Waals surface area contributed by atoms with Crippen molar-refractivity contribution in [2.75, 3.05) is 6.54 Å². The summed E-state index contributed by atoms with van der Waals surface area (Å²) in [5, 5.41) is 9.21. The van der Waals surface area contributed by atoms with E-state index in [9.17, 15) is 14.7 Å². The average Bonchev–Trinajstić information content (AvgIpc) is 2.30. The molecule has 2 amide bonds. The predicted molar refractivity (Wildman–Crippen MR) is 56.0 cm³/mol. The predicted octanol–water partition coefficient (Wildman–Crippen LogP) is 0.788. The maximum atomic E-state index is 12.0. The van der Waals surface area contributed by atoms with E-state index in [1.807, 2.05) is 20.8 Å². The Kier molecular flexibility index (Phi) is 3.19. The number of carbonyl (C=O) groups excluding carboxylic acids is 2. The molecule has 1 saturated heterocycles. The van der Waals surface area contributed by atoms with Crippen LogP contribution in [0.1, 0.15) is 34.1 Å². The van der Waals surface area contributed by atoms with Crippen LogP contribution in [0, 0.1) is 11.3 Å². The van der Waals surface area contributed by atoms with E-state index in [1.54, 1.807) is 6.92 Å². The van der Waals surface area contributed by atoms with Gasteiger partial charge in [-0.05, 0) is 19.8 Å². The van der Waals surface area contributed by atoms with E-state index in [0.717, 1.165) is 0 Å². The van der Waals surface area contributed by atoms with Crippen molar-refractivity contribution in [3.8, 4) is 0 Å². The van der Waals surface area contributed by atoms with Gasteiger partial charge in [0.05, 0.1) is 18.1 Å². The van der Waals surface area contributed by atoms with Gasteiger partial charge < -0.3 is 5.11 Å². The molecule has 1 fully saturated rings. The molecular weight excluding hydrogens is 194 g/mol. The number of β-amino-alcohol motifs (C(OH)–C–C–N with tert-alkyl or cyclic N) is 1. The molecule has 1 rings (SSSR count). The summed E-state index contributed by atoms with van der Waals surface area (Å²) in [5.74, 6) is -0.187. The van der Waals surface area contributed by atoms with Crippen LogP contribution in [0.3, 0.4) is 0 Å². The summed E-state index contributed by atoms with van der Waals surface area (Å²) >= 11 is 0. The normalized spacial score (nSPS) is 29.1. The largest absolute Gasteiger partial charge is 0.392 e. The van der Waals surface area contributed by atoms with E-state index in [4.69, 9.17) is 0 Å². The van der Waals surface area contributed by atoms with E-state index in [2.05, 4.69) is 0 Å². The summed E-state index contributed by atoms with van der Waals surface area (Å²) < 4.78 is 0. The minimum atomic E-state index is -0.660. The van der Waals surface area contributed by atoms with Crippen LogP contribution >= 0.6 is 0 Å². The zero-order valence-corrected chi connectivity index (χ0v) is 9.78. The fraction of sp³-hybridized carbons (Fsp3) is 0.818. The third-order valence-electron chi connectivity index (χ3n) is 3.27. The Morgan fingerprint density at radius 3 is 2.27 bits per heavy atom. The number of imide groups is 1. The van der Waals surface area contributed by atoms with Crippen molar-refractivity contribution in [2.24, 2.45) is 11.3 Å². The van der Waals surface area contributed by atoms with E-state index in [-0.39, 0.29) is 30.7 Å². The number of aliphatic hydroxyl groups excluding tert-OH is 1. The Hall–Kier alpha value is -0.900. The molecule has 1 N–H and O–H groups in total. The van der Waals surface area contributed by atoms with Crippen LogP contribution in [-0.4, -0.2) is 34.5 Å². The molecule has 86 valence electrons. The van der Waals surface area contributed by atoms with Crippen LogP contribution in [0.15, 0.2) is 0 Å². The summed E-state index contributed by atoms with van der Waals surface area (Å²) in [7, 11) is 0. The van der Waals surface area contributed by atoms with Crippen LogP contribution in [0.5, 0.6) is 0 Å². The lowest BCUT2D eigenvalue weighted by Crippen LogP contribution is -2.40. The summed E-state index contributed by atoms with van der Waals surface area (Å²) in [6.07, 6.45) is -0.400. The Morgan fingerprint density at radius 1 is 1.40 bits per heavy atom. The van der Waals surface area contributed by atoms with Gasteiger partial charge in [-0.15, -0.1) is 0 Å². The molecule has 2 atom stereocenters. The van der Waals surface area contributed by atoms with Crippen LogP contribution in [0.4, 0.5) is 0 Å². The Balaban J connectivity index is 2.88. The maximum absolute atomic E-state index is 12.0. The SMILES string of the molecule is CC(O)CN1C(=O)CC(C)(C(C)C)C1=O. The molecule has 0 aromatic heterocycles. The van der Waals surface area contributed by atoms with Crippen molar-refractivity contribution in [1.82, 2.24) is 4.90 Å². The van der Waals surface area contributed by atoms with Gasteiger partial charge in [-0.1, -0.05) is 13.8 Å². The first-order valence-corrected chi connectivity index (χ1v) is 5.32. The van der Waals surface area contributed by atoms with Crippen LogP contribution in [-0.2, 0) is 9.59 Å². The molecular formula is C11H19NO3. The molecule has 0 spiro atoms. The fourth-order valence-corrected chi connectivity index (χ4v) is 1.81. The van der Waals surface area contributed by atoms with Crippen molar-refractivity contribution in [2.45, 2.75) is 40.2 Å². The highest BCUT2D eigenvalue weighted by molar-refractivity contribution is 6.05. The van der Waals surface area contributed by atoms with Crippen molar-refractivity contribution in [3.05, 3.63) is 0 Å². The second-order valence-electron chi connectivity index (χ2n) is 4.91. The average molecular weight is 213 g/mol. The highest BCUT2D eigenvalue weighted by Gasteiger charge is 2.49. The smallest absolute Gasteiger partial charge is 0.235 e. The molecule has 4 heteroatoms. The lowest BCUT2D eigenvalue weighted by Gasteiger charge is -2.26. The monoisotopic (exact) mass is 213 g/mol. The Labute approximate surface area is 90.3 Å². The molecule has 4 nitrogen and oxygen atoms in total. The summed E-state index contributed by atoms with van der Waals surface area (Å²) in [4.78, 5) is 24.8. The maximum Gasteiger partial charge on any atom is 0.235 e. The molecule has 0 aromatic carbocycles. The molecule has 1 aliphatic rings. The van der Waals surface area contributed by atoms with Gasteiger partial charge in [0.25, 0.3) is 0 Å². The van der Waals surface area contributed by atoms with Gasteiger partial charge in [-0.25, -0.2) is 0 Å². The molecule has 15 heavy (non-hydrogen) atoms. The van der Waals surface area contributed by atoms with Gasteiger partial charge in [0.15, 0.2) is 0 Å². The van der Waals surface area contributed by atoms with Crippen molar-refractivity contribution < 1.29 is 14.7 Å². The number of hydrogen-bond acceptors (Lipinski definition) is 3. The summed E-state index contributed by atoms with van der Waals surface area (Å²) in [5.41, 5.74) is -0.591. The molecule has 0 bridgehead atoms. The lowest BCUT2D eigenvalue weighted by atomic mass is 9.78. The summed E-state index contributed by atoms with van der Waals surface area (Å²) in [6, 6.07) is 0. The van der Waals surface area contributed by atoms with Gasteiger partial charge in [-0.3, -0.25) is 14.5 Å². The van der Waals surface area contributed by atoms with Crippen molar-refractivity contribution >= 4 is 11.8 Å². The van der Waals surface area contributed by atoms with Crippen LogP contribution in [0.25, 0.3) is 0 Å². The number of aliphatic hydroxyl groups is 1. The fourth-order valence-electron chi connectivity index (χ4n) is 1.81. The minimum Gasteiger partial charge on any atom is -0.392 e. The third kappa shape index (κ3) is 2.04. The van der Waals surface area contributed by atoms with Gasteiger partial charge in [0.1, 0.15) is 0 Å². The molecule has 0 aliphatic carbocycles. The molecule has 2 unspecified atom stereocenters. The first-order chi connectivity index (χ1) is 6.79. The van der Waals surface area contributed by atoms with Gasteiger partial charge in [-0.2, -0.15) is 0 Å². The zero-order valence-electron chi connectivity index (χ0n) is 9.78. The second kappa shape index (κ2) is 3.93. The molecule has 1 aliphatic heterocycles. The van der Waals surface area contributed by atoms with Gasteiger partial charge >= 0.3 is 0 Å². The number of carbonyl (C=O) groups is 2. The lowest BCUT2D eigenvalue weighted by molar-refractivity contribution is -0.143. The van der Waals surface area contributed by atoms with Crippen molar-refractivity contribution in [3.63, 3.8) is 0 Å². The van der Waals surface area contributed by atoms with E-state index >= 15 is 0 Å². The topological polar surface area (TPSA) is 57.6 Å². The molecule has 0 radical (unpaired) electrons. The van der Waals surface area contributed by atoms with Crippen LogP contribution in [0.2, 0.25) is 0 Å².